The summed E-state index contributed by atoms with van der Waals surface area (Å²) in [5.41, 5.74) is -1.46. The Kier molecular flexibility index (Phi) is 8.39. The van der Waals surface area contributed by atoms with Gasteiger partial charge in [-0.1, -0.05) is 49.8 Å². The Morgan fingerprint density at radius 3 is 2.47 bits per heavy atom. The summed E-state index contributed by atoms with van der Waals surface area (Å²) in [4.78, 5) is 62.0. The molecule has 8 atom stereocenters. The number of Topliss-reactive ketones (excluding diaryl/α,β-unsaturated/α-hetero) is 1. The van der Waals surface area contributed by atoms with Crippen LogP contribution in [0.15, 0.2) is 42.0 Å². The number of fused-ring (bicyclic) bond motifs is 5. The van der Waals surface area contributed by atoms with Crippen molar-refractivity contribution in [3.8, 4) is 0 Å². The molecule has 232 valence electrons. The van der Waals surface area contributed by atoms with Gasteiger partial charge in [0.2, 0.25) is 11.7 Å². The molecule has 3 saturated carbocycles. The number of ether oxygens (including phenoxy) is 1. The van der Waals surface area contributed by atoms with Gasteiger partial charge in [-0.25, -0.2) is 4.79 Å². The molecule has 5 rings (SSSR count). The number of carboxylic acid groups (broad SMARTS) is 1. The number of aliphatic hydroxyl groups excluding tert-OH is 1. The van der Waals surface area contributed by atoms with Gasteiger partial charge in [-0.05, 0) is 73.3 Å². The summed E-state index contributed by atoms with van der Waals surface area (Å²) in [5, 5.41) is 35.2. The molecule has 4 aliphatic rings. The Labute approximate surface area is 250 Å². The number of carbonyl (C=O) groups is 5. The normalized spacial score (nSPS) is 35.4. The molecule has 4 aliphatic carbocycles. The van der Waals surface area contributed by atoms with Gasteiger partial charge in [-0.3, -0.25) is 19.2 Å². The molecule has 0 saturated heterocycles. The fraction of sp³-hybridized carbons (Fsp3) is 0.606. The van der Waals surface area contributed by atoms with Crippen LogP contribution >= 0.6 is 0 Å². The highest BCUT2D eigenvalue weighted by Gasteiger charge is 2.68. The monoisotopic (exact) mass is 595 g/mol. The lowest BCUT2D eigenvalue weighted by Gasteiger charge is -2.60. The maximum absolute atomic E-state index is 13.4. The first-order valence-corrected chi connectivity index (χ1v) is 15.2. The van der Waals surface area contributed by atoms with E-state index in [0.29, 0.717) is 24.8 Å². The summed E-state index contributed by atoms with van der Waals surface area (Å²) < 4.78 is 5.18. The third-order valence-corrected chi connectivity index (χ3v) is 11.1. The van der Waals surface area contributed by atoms with E-state index in [1.165, 1.54) is 0 Å². The van der Waals surface area contributed by atoms with Crippen molar-refractivity contribution in [2.75, 3.05) is 6.61 Å². The van der Waals surface area contributed by atoms with Crippen LogP contribution in [0.25, 0.3) is 0 Å². The fourth-order valence-electron chi connectivity index (χ4n) is 8.87. The number of allylic oxidation sites excluding steroid dienone is 1. The summed E-state index contributed by atoms with van der Waals surface area (Å²) in [5.74, 6) is -3.16. The van der Waals surface area contributed by atoms with Crippen molar-refractivity contribution >= 4 is 29.4 Å². The van der Waals surface area contributed by atoms with Gasteiger partial charge in [0.15, 0.2) is 18.4 Å². The van der Waals surface area contributed by atoms with Crippen molar-refractivity contribution < 1.29 is 44.0 Å². The Morgan fingerprint density at radius 2 is 1.77 bits per heavy atom. The zero-order chi connectivity index (χ0) is 31.2. The molecule has 1 unspecified atom stereocenters. The van der Waals surface area contributed by atoms with Crippen molar-refractivity contribution in [3.05, 3.63) is 47.5 Å². The molecule has 4 N–H and O–H groups in total. The minimum atomic E-state index is -1.77. The van der Waals surface area contributed by atoms with Gasteiger partial charge in [-0.2, -0.15) is 0 Å². The zero-order valence-corrected chi connectivity index (χ0v) is 24.7. The second-order valence-corrected chi connectivity index (χ2v) is 13.3. The lowest BCUT2D eigenvalue weighted by atomic mass is 9.45. The second kappa shape index (κ2) is 11.6. The molecule has 0 spiro atoms. The number of amides is 1. The molecule has 10 heteroatoms. The number of rotatable bonds is 9. The van der Waals surface area contributed by atoms with Crippen molar-refractivity contribution in [2.24, 2.45) is 28.6 Å². The van der Waals surface area contributed by atoms with Crippen LogP contribution in [0.2, 0.25) is 0 Å². The van der Waals surface area contributed by atoms with Gasteiger partial charge in [-0.15, -0.1) is 0 Å². The first kappa shape index (κ1) is 31.1. The number of carboxylic acids is 1. The molecular formula is C33H41NO9. The standard InChI is InChI=1S/C33H41NO9/c1-31-14-12-21(35)16-20(31)8-9-22-23-13-15-33(42,32(23,2)17-24(36)28(22)31)25(37)18-43-27(39)11-10-26(38)34-29(30(40)41)19-6-4-3-5-7-19/h3-7,16,22-24,28-29,36,42H,8-15,17-18H2,1-2H3,(H,34,38)(H,40,41)/t22-,23-,24-,28+,29?,31-,32-,33-/m0/s1. The topological polar surface area (TPSA) is 167 Å². The number of nitrogens with one attached hydrogen (secondary N) is 1. The highest BCUT2D eigenvalue weighted by Crippen LogP contribution is 2.67. The minimum Gasteiger partial charge on any atom is -0.479 e. The van der Waals surface area contributed by atoms with Crippen LogP contribution in [0.4, 0.5) is 0 Å². The van der Waals surface area contributed by atoms with Gasteiger partial charge in [0.1, 0.15) is 5.60 Å². The molecule has 0 aromatic heterocycles. The molecule has 1 aromatic carbocycles. The molecule has 43 heavy (non-hydrogen) atoms. The molecular weight excluding hydrogens is 554 g/mol. The van der Waals surface area contributed by atoms with Crippen LogP contribution in [0, 0.1) is 28.6 Å². The van der Waals surface area contributed by atoms with E-state index in [4.69, 9.17) is 4.74 Å². The third-order valence-electron chi connectivity index (χ3n) is 11.1. The van der Waals surface area contributed by atoms with Crippen LogP contribution < -0.4 is 5.32 Å². The number of hydrogen-bond donors (Lipinski definition) is 4. The number of carbonyl (C=O) groups excluding carboxylic acids is 4. The van der Waals surface area contributed by atoms with Crippen LogP contribution in [-0.2, 0) is 28.7 Å². The number of aliphatic carboxylic acids is 1. The molecule has 1 amide bonds. The van der Waals surface area contributed by atoms with Crippen LogP contribution in [-0.4, -0.2) is 63.0 Å². The van der Waals surface area contributed by atoms with E-state index in [1.807, 2.05) is 6.92 Å². The molecule has 0 heterocycles. The smallest absolute Gasteiger partial charge is 0.330 e. The van der Waals surface area contributed by atoms with Gasteiger partial charge < -0.3 is 25.4 Å². The van der Waals surface area contributed by atoms with E-state index in [2.05, 4.69) is 12.2 Å². The Morgan fingerprint density at radius 1 is 1.05 bits per heavy atom. The van der Waals surface area contributed by atoms with E-state index in [0.717, 1.165) is 18.4 Å². The van der Waals surface area contributed by atoms with E-state index in [-0.39, 0.29) is 54.6 Å². The SMILES string of the molecule is C[C@]12CCC(=O)C=C1CC[C@@H]1[C@@H]2[C@@H](O)C[C@@]2(C)[C@H]1CC[C@]2(O)C(=O)COC(=O)CCC(=O)NC(C(=O)O)c1ccccc1. The summed E-state index contributed by atoms with van der Waals surface area (Å²) >= 11 is 0. The quantitative estimate of drug-likeness (QED) is 0.314. The van der Waals surface area contributed by atoms with Gasteiger partial charge >= 0.3 is 11.9 Å². The Hall–Kier alpha value is -3.37. The van der Waals surface area contributed by atoms with E-state index in [1.54, 1.807) is 36.4 Å². The minimum absolute atomic E-state index is 0.00274. The van der Waals surface area contributed by atoms with Crippen molar-refractivity contribution in [1.82, 2.24) is 5.32 Å². The number of hydrogen-bond acceptors (Lipinski definition) is 8. The second-order valence-electron chi connectivity index (χ2n) is 13.3. The zero-order valence-electron chi connectivity index (χ0n) is 24.7. The van der Waals surface area contributed by atoms with Gasteiger partial charge in [0.05, 0.1) is 12.5 Å². The maximum atomic E-state index is 13.4. The summed E-state index contributed by atoms with van der Waals surface area (Å²) in [6.07, 6.45) is 4.07. The number of aliphatic hydroxyl groups is 2. The predicted octanol–water partition coefficient (Wildman–Crippen LogP) is 3.05. The Bertz CT molecular complexity index is 1340. The lowest BCUT2D eigenvalue weighted by molar-refractivity contribution is -0.184. The van der Waals surface area contributed by atoms with Crippen molar-refractivity contribution in [1.29, 1.82) is 0 Å². The summed E-state index contributed by atoms with van der Waals surface area (Å²) in [7, 11) is 0. The maximum Gasteiger partial charge on any atom is 0.330 e. The van der Waals surface area contributed by atoms with Crippen LogP contribution in [0.3, 0.4) is 0 Å². The largest absolute Gasteiger partial charge is 0.479 e. The number of ketones is 2. The molecule has 1 aromatic rings. The first-order chi connectivity index (χ1) is 20.3. The van der Waals surface area contributed by atoms with Crippen molar-refractivity contribution in [3.63, 3.8) is 0 Å². The molecule has 3 fully saturated rings. The molecule has 0 radical (unpaired) electrons. The van der Waals surface area contributed by atoms with Gasteiger partial charge in [0, 0.05) is 18.3 Å². The van der Waals surface area contributed by atoms with E-state index >= 15 is 0 Å². The fourth-order valence-corrected chi connectivity index (χ4v) is 8.87. The third kappa shape index (κ3) is 5.44. The van der Waals surface area contributed by atoms with Gasteiger partial charge in [0.25, 0.3) is 0 Å². The highest BCUT2D eigenvalue weighted by molar-refractivity contribution is 5.92. The van der Waals surface area contributed by atoms with Crippen LogP contribution in [0.5, 0.6) is 0 Å². The van der Waals surface area contributed by atoms with Crippen molar-refractivity contribution in [2.45, 2.75) is 89.4 Å². The average molecular weight is 596 g/mol. The van der Waals surface area contributed by atoms with Crippen LogP contribution in [0.1, 0.15) is 83.2 Å². The predicted molar refractivity (Wildman–Crippen MR) is 153 cm³/mol. The molecule has 0 bridgehead atoms. The molecule has 10 nitrogen and oxygen atoms in total. The number of benzene rings is 1. The lowest BCUT2D eigenvalue weighted by Crippen LogP contribution is -2.62. The summed E-state index contributed by atoms with van der Waals surface area (Å²) in [6, 6.07) is 6.91. The van der Waals surface area contributed by atoms with E-state index < -0.39 is 53.4 Å². The van der Waals surface area contributed by atoms with E-state index in [9.17, 15) is 39.3 Å². The first-order valence-electron chi connectivity index (χ1n) is 15.2. The molecule has 0 aliphatic heterocycles. The summed E-state index contributed by atoms with van der Waals surface area (Å²) in [6.45, 7) is 3.35. The number of esters is 1. The highest BCUT2D eigenvalue weighted by atomic mass is 16.5. The average Bonchev–Trinajstić information content (AvgIpc) is 3.24. The Balaban J connectivity index is 1.18.